The lowest BCUT2D eigenvalue weighted by molar-refractivity contribution is -0.141. The van der Waals surface area contributed by atoms with Crippen molar-refractivity contribution in [2.24, 2.45) is 5.92 Å². The summed E-state index contributed by atoms with van der Waals surface area (Å²) in [5, 5.41) is 14.3. The third kappa shape index (κ3) is 2.93. The van der Waals surface area contributed by atoms with Crippen molar-refractivity contribution in [2.75, 3.05) is 5.32 Å². The number of aromatic amines is 1. The molecule has 2 aromatic rings. The monoisotopic (exact) mass is 289 g/mol. The molecule has 4 N–H and O–H groups in total. The normalized spacial score (nSPS) is 21.3. The van der Waals surface area contributed by atoms with Gasteiger partial charge in [0.1, 0.15) is 5.52 Å². The molecule has 110 valence electrons. The second kappa shape index (κ2) is 5.39. The lowest BCUT2D eigenvalue weighted by Crippen LogP contribution is -2.36. The number of amides is 2. The van der Waals surface area contributed by atoms with Crippen LogP contribution in [0.1, 0.15) is 19.3 Å². The van der Waals surface area contributed by atoms with E-state index in [1.54, 1.807) is 12.3 Å². The first-order valence-electron chi connectivity index (χ1n) is 6.72. The molecule has 8 nitrogen and oxygen atoms in total. The molecule has 2 heterocycles. The number of fused-ring (bicyclic) bond motifs is 1. The molecule has 1 aliphatic carbocycles. The van der Waals surface area contributed by atoms with E-state index in [9.17, 15) is 9.59 Å². The molecule has 2 atom stereocenters. The van der Waals surface area contributed by atoms with E-state index >= 15 is 0 Å². The van der Waals surface area contributed by atoms with Gasteiger partial charge in [-0.05, 0) is 25.3 Å². The molecule has 8 heteroatoms. The topological polar surface area (TPSA) is 120 Å². The molecule has 1 fully saturated rings. The minimum Gasteiger partial charge on any atom is -0.481 e. The van der Waals surface area contributed by atoms with Gasteiger partial charge >= 0.3 is 12.0 Å². The molecule has 2 aromatic heterocycles. The highest BCUT2D eigenvalue weighted by Crippen LogP contribution is 2.25. The summed E-state index contributed by atoms with van der Waals surface area (Å²) >= 11 is 0. The van der Waals surface area contributed by atoms with Gasteiger partial charge in [0, 0.05) is 12.2 Å². The highest BCUT2D eigenvalue weighted by atomic mass is 16.4. The molecule has 21 heavy (non-hydrogen) atoms. The molecule has 0 aromatic carbocycles. The van der Waals surface area contributed by atoms with Gasteiger partial charge in [-0.15, -0.1) is 0 Å². The second-order valence-corrected chi connectivity index (χ2v) is 5.11. The van der Waals surface area contributed by atoms with Crippen LogP contribution < -0.4 is 10.6 Å². The Hall–Kier alpha value is -2.64. The van der Waals surface area contributed by atoms with Crippen LogP contribution in [0.15, 0.2) is 18.5 Å². The van der Waals surface area contributed by atoms with E-state index in [1.165, 1.54) is 6.20 Å². The van der Waals surface area contributed by atoms with E-state index < -0.39 is 12.0 Å². The Kier molecular flexibility index (Phi) is 3.43. The molecule has 0 bridgehead atoms. The number of carbonyl (C=O) groups is 2. The van der Waals surface area contributed by atoms with Gasteiger partial charge in [0.25, 0.3) is 0 Å². The summed E-state index contributed by atoms with van der Waals surface area (Å²) in [4.78, 5) is 34.0. The van der Waals surface area contributed by atoms with Crippen molar-refractivity contribution in [3.8, 4) is 0 Å². The van der Waals surface area contributed by atoms with Crippen molar-refractivity contribution in [1.29, 1.82) is 0 Å². The third-order valence-corrected chi connectivity index (χ3v) is 3.62. The maximum Gasteiger partial charge on any atom is 0.320 e. The van der Waals surface area contributed by atoms with E-state index in [1.807, 2.05) is 0 Å². The summed E-state index contributed by atoms with van der Waals surface area (Å²) in [6, 6.07) is 1.25. The fourth-order valence-electron chi connectivity index (χ4n) is 2.57. The zero-order valence-corrected chi connectivity index (χ0v) is 11.2. The quantitative estimate of drug-likeness (QED) is 0.679. The minimum atomic E-state index is -0.802. The second-order valence-electron chi connectivity index (χ2n) is 5.11. The van der Waals surface area contributed by atoms with Gasteiger partial charge in [-0.1, -0.05) is 0 Å². The van der Waals surface area contributed by atoms with E-state index in [0.29, 0.717) is 36.2 Å². The minimum absolute atomic E-state index is 0.116. The summed E-state index contributed by atoms with van der Waals surface area (Å²) in [5.41, 5.74) is 1.32. The summed E-state index contributed by atoms with van der Waals surface area (Å²) < 4.78 is 0. The predicted octanol–water partition coefficient (Wildman–Crippen LogP) is 1.33. The summed E-state index contributed by atoms with van der Waals surface area (Å²) in [6.07, 6.45) is 4.92. The summed E-state index contributed by atoms with van der Waals surface area (Å²) in [7, 11) is 0. The lowest BCUT2D eigenvalue weighted by atomic mass is 10.1. The average Bonchev–Trinajstić information content (AvgIpc) is 3.06. The van der Waals surface area contributed by atoms with E-state index in [-0.39, 0.29) is 12.0 Å². The molecule has 0 spiro atoms. The van der Waals surface area contributed by atoms with Crippen LogP contribution in [-0.4, -0.2) is 38.1 Å². The number of nitrogens with zero attached hydrogens (tertiary/aromatic N) is 2. The molecule has 0 unspecified atom stereocenters. The van der Waals surface area contributed by atoms with E-state index in [4.69, 9.17) is 5.11 Å². The molecule has 3 rings (SSSR count). The van der Waals surface area contributed by atoms with Gasteiger partial charge in [-0.2, -0.15) is 0 Å². The Morgan fingerprint density at radius 3 is 3.00 bits per heavy atom. The van der Waals surface area contributed by atoms with Crippen LogP contribution in [0.25, 0.3) is 11.2 Å². The molecular weight excluding hydrogens is 274 g/mol. The van der Waals surface area contributed by atoms with Crippen LogP contribution in [0.2, 0.25) is 0 Å². The van der Waals surface area contributed by atoms with Gasteiger partial charge in [0.05, 0.1) is 12.1 Å². The van der Waals surface area contributed by atoms with Gasteiger partial charge < -0.3 is 15.4 Å². The zero-order chi connectivity index (χ0) is 14.8. The molecule has 1 aliphatic rings. The Balaban J connectivity index is 1.58. The number of hydrogen-bond acceptors (Lipinski definition) is 4. The van der Waals surface area contributed by atoms with Gasteiger partial charge in [-0.25, -0.2) is 14.8 Å². The number of rotatable bonds is 3. The SMILES string of the molecule is O=C(Nc1cnc2[nH]ccc2n1)N[C@H]1CC[C@H](C(=O)O)C1. The zero-order valence-electron chi connectivity index (χ0n) is 11.2. The number of aliphatic carboxylic acids is 1. The Morgan fingerprint density at radius 2 is 2.24 bits per heavy atom. The van der Waals surface area contributed by atoms with E-state index in [0.717, 1.165) is 0 Å². The largest absolute Gasteiger partial charge is 0.481 e. The first-order chi connectivity index (χ1) is 10.1. The number of carboxylic acid groups (broad SMARTS) is 1. The number of carbonyl (C=O) groups excluding carboxylic acids is 1. The van der Waals surface area contributed by atoms with Crippen molar-refractivity contribution in [2.45, 2.75) is 25.3 Å². The number of hydrogen-bond donors (Lipinski definition) is 4. The molecule has 0 radical (unpaired) electrons. The smallest absolute Gasteiger partial charge is 0.320 e. The van der Waals surface area contributed by atoms with E-state index in [2.05, 4.69) is 25.6 Å². The number of urea groups is 1. The van der Waals surface area contributed by atoms with Gasteiger partial charge in [-0.3, -0.25) is 10.1 Å². The number of carboxylic acids is 1. The van der Waals surface area contributed by atoms with Crippen molar-refractivity contribution in [3.05, 3.63) is 18.5 Å². The Bertz CT molecular complexity index is 683. The maximum atomic E-state index is 11.9. The maximum absolute atomic E-state index is 11.9. The number of H-pyrrole nitrogens is 1. The first kappa shape index (κ1) is 13.3. The van der Waals surface area contributed by atoms with Crippen LogP contribution >= 0.6 is 0 Å². The molecule has 0 saturated heterocycles. The Morgan fingerprint density at radius 1 is 1.38 bits per heavy atom. The molecule has 1 saturated carbocycles. The molecule has 0 aliphatic heterocycles. The van der Waals surface area contributed by atoms with Crippen molar-refractivity contribution < 1.29 is 14.7 Å². The van der Waals surface area contributed by atoms with Crippen molar-refractivity contribution >= 4 is 29.0 Å². The van der Waals surface area contributed by atoms with Gasteiger partial charge in [0.2, 0.25) is 0 Å². The van der Waals surface area contributed by atoms with Crippen molar-refractivity contribution in [3.63, 3.8) is 0 Å². The average molecular weight is 289 g/mol. The van der Waals surface area contributed by atoms with Crippen LogP contribution in [0.5, 0.6) is 0 Å². The first-order valence-corrected chi connectivity index (χ1v) is 6.72. The van der Waals surface area contributed by atoms with Crippen LogP contribution in [0.3, 0.4) is 0 Å². The lowest BCUT2D eigenvalue weighted by Gasteiger charge is -2.12. The van der Waals surface area contributed by atoms with Crippen LogP contribution in [0.4, 0.5) is 10.6 Å². The fourth-order valence-corrected chi connectivity index (χ4v) is 2.57. The van der Waals surface area contributed by atoms with Crippen LogP contribution in [-0.2, 0) is 4.79 Å². The number of nitrogens with one attached hydrogen (secondary N) is 3. The standard InChI is InChI=1S/C13H15N5O3/c19-12(20)7-1-2-8(5-7)16-13(21)18-10-6-15-11-9(17-10)3-4-14-11/h3-4,6-8H,1-2,5H2,(H,14,15)(H,19,20)(H2,16,17,18,21)/t7-,8-/m0/s1. The highest BCUT2D eigenvalue weighted by Gasteiger charge is 2.30. The van der Waals surface area contributed by atoms with Crippen molar-refractivity contribution in [1.82, 2.24) is 20.3 Å². The predicted molar refractivity (Wildman–Crippen MR) is 74.8 cm³/mol. The highest BCUT2D eigenvalue weighted by molar-refractivity contribution is 5.89. The van der Waals surface area contributed by atoms with Gasteiger partial charge in [0.15, 0.2) is 11.5 Å². The Labute approximate surface area is 120 Å². The van der Waals surface area contributed by atoms with Crippen LogP contribution in [0, 0.1) is 5.92 Å². The summed E-state index contributed by atoms with van der Waals surface area (Å²) in [6.45, 7) is 0. The third-order valence-electron chi connectivity index (χ3n) is 3.62. The fraction of sp³-hybridized carbons (Fsp3) is 0.385. The number of aromatic nitrogens is 3. The number of anilines is 1. The summed E-state index contributed by atoms with van der Waals surface area (Å²) in [5.74, 6) is -0.817. The molecular formula is C13H15N5O3. The molecule has 2 amide bonds.